The Morgan fingerprint density at radius 1 is 1.44 bits per heavy atom. The molecule has 1 aromatic rings. The van der Waals surface area contributed by atoms with Gasteiger partial charge in [-0.25, -0.2) is 0 Å². The normalized spacial score (nSPS) is 18.4. The van der Waals surface area contributed by atoms with E-state index in [-0.39, 0.29) is 5.41 Å². The van der Waals surface area contributed by atoms with Gasteiger partial charge < -0.3 is 0 Å². The Morgan fingerprint density at radius 2 is 2.11 bits per heavy atom. The average Bonchev–Trinajstić information content (AvgIpc) is 2.88. The van der Waals surface area contributed by atoms with E-state index < -0.39 is 0 Å². The summed E-state index contributed by atoms with van der Waals surface area (Å²) in [5, 5.41) is 7.92. The van der Waals surface area contributed by atoms with Gasteiger partial charge in [-0.15, -0.1) is 5.10 Å². The highest BCUT2D eigenvalue weighted by molar-refractivity contribution is 5.86. The molecule has 0 bridgehead atoms. The second kappa shape index (κ2) is 5.21. The van der Waals surface area contributed by atoms with Crippen LogP contribution in [0.1, 0.15) is 51.6 Å². The zero-order chi connectivity index (χ0) is 13.2. The fourth-order valence-corrected chi connectivity index (χ4v) is 3.26. The number of aromatic nitrogens is 3. The first-order valence-electron chi connectivity index (χ1n) is 6.90. The molecule has 0 unspecified atom stereocenters. The minimum absolute atomic E-state index is 0.0777. The first-order valence-corrected chi connectivity index (χ1v) is 6.90. The monoisotopic (exact) mass is 249 g/mol. The summed E-state index contributed by atoms with van der Waals surface area (Å²) in [6, 6.07) is 0. The Hall–Kier alpha value is -1.19. The number of hydrogen-bond donors (Lipinski definition) is 0. The van der Waals surface area contributed by atoms with Gasteiger partial charge in [0, 0.05) is 18.7 Å². The molecule has 2 rings (SSSR count). The van der Waals surface area contributed by atoms with E-state index in [2.05, 4.69) is 24.2 Å². The molecule has 0 amide bonds. The summed E-state index contributed by atoms with van der Waals surface area (Å²) in [5.41, 5.74) is 0.726. The van der Waals surface area contributed by atoms with E-state index in [1.807, 2.05) is 13.2 Å². The van der Waals surface area contributed by atoms with E-state index in [0.717, 1.165) is 25.0 Å². The van der Waals surface area contributed by atoms with Gasteiger partial charge in [-0.1, -0.05) is 31.9 Å². The van der Waals surface area contributed by atoms with Crippen molar-refractivity contribution >= 4 is 5.78 Å². The largest absolute Gasteiger partial charge is 0.299 e. The lowest BCUT2D eigenvalue weighted by Crippen LogP contribution is -2.31. The smallest absolute Gasteiger partial charge is 0.145 e. The Morgan fingerprint density at radius 3 is 2.61 bits per heavy atom. The Labute approximate surface area is 109 Å². The number of hydrogen-bond acceptors (Lipinski definition) is 3. The van der Waals surface area contributed by atoms with Crippen LogP contribution >= 0.6 is 0 Å². The summed E-state index contributed by atoms with van der Waals surface area (Å²) < 4.78 is 1.66. The van der Waals surface area contributed by atoms with Gasteiger partial charge in [-0.05, 0) is 25.2 Å². The van der Waals surface area contributed by atoms with Crippen molar-refractivity contribution in [3.05, 3.63) is 11.9 Å². The molecule has 0 atom stereocenters. The summed E-state index contributed by atoms with van der Waals surface area (Å²) in [5.74, 6) is 0.947. The quantitative estimate of drug-likeness (QED) is 0.805. The van der Waals surface area contributed by atoms with Crippen molar-refractivity contribution < 1.29 is 4.79 Å². The molecule has 0 aliphatic heterocycles. The van der Waals surface area contributed by atoms with Gasteiger partial charge in [0.05, 0.1) is 12.1 Å². The number of carbonyl (C=O) groups excluding carboxylic acids is 1. The third-order valence-electron chi connectivity index (χ3n) is 3.94. The number of ketones is 1. The van der Waals surface area contributed by atoms with Gasteiger partial charge in [0.2, 0.25) is 0 Å². The lowest BCUT2D eigenvalue weighted by Gasteiger charge is -2.29. The molecule has 0 spiro atoms. The maximum atomic E-state index is 12.6. The summed E-state index contributed by atoms with van der Waals surface area (Å²) >= 11 is 0. The Balaban J connectivity index is 2.09. The van der Waals surface area contributed by atoms with Crippen molar-refractivity contribution in [2.75, 3.05) is 0 Å². The topological polar surface area (TPSA) is 47.8 Å². The van der Waals surface area contributed by atoms with Crippen LogP contribution in [0.25, 0.3) is 0 Å². The van der Waals surface area contributed by atoms with Crippen LogP contribution in [-0.4, -0.2) is 20.8 Å². The number of rotatable bonds is 5. The lowest BCUT2D eigenvalue weighted by atomic mass is 9.74. The second-order valence-electron chi connectivity index (χ2n) is 6.07. The SMILES string of the molecule is CC(C)CC1(C(=O)Cc2cn(C)nn2)CCCC1. The van der Waals surface area contributed by atoms with E-state index in [1.54, 1.807) is 4.68 Å². The van der Waals surface area contributed by atoms with Crippen LogP contribution in [-0.2, 0) is 18.3 Å². The molecular weight excluding hydrogens is 226 g/mol. The summed E-state index contributed by atoms with van der Waals surface area (Å²) in [6.07, 6.45) is 7.81. The van der Waals surface area contributed by atoms with Gasteiger partial charge in [-0.2, -0.15) is 0 Å². The van der Waals surface area contributed by atoms with Crippen molar-refractivity contribution in [3.8, 4) is 0 Å². The Bertz CT molecular complexity index is 416. The third kappa shape index (κ3) is 2.79. The first kappa shape index (κ1) is 13.2. The minimum Gasteiger partial charge on any atom is -0.299 e. The van der Waals surface area contributed by atoms with Crippen molar-refractivity contribution in [1.29, 1.82) is 0 Å². The number of nitrogens with zero attached hydrogens (tertiary/aromatic N) is 3. The highest BCUT2D eigenvalue weighted by Crippen LogP contribution is 2.44. The summed E-state index contributed by atoms with van der Waals surface area (Å²) in [6.45, 7) is 4.41. The number of carbonyl (C=O) groups is 1. The molecule has 1 aliphatic rings. The minimum atomic E-state index is -0.0777. The van der Waals surface area contributed by atoms with Crippen LogP contribution in [0.15, 0.2) is 6.20 Å². The van der Waals surface area contributed by atoms with Gasteiger partial charge in [0.25, 0.3) is 0 Å². The molecule has 18 heavy (non-hydrogen) atoms. The van der Waals surface area contributed by atoms with E-state index in [4.69, 9.17) is 0 Å². The predicted molar refractivity (Wildman–Crippen MR) is 70.1 cm³/mol. The molecule has 4 nitrogen and oxygen atoms in total. The maximum absolute atomic E-state index is 12.6. The molecule has 1 aromatic heterocycles. The molecule has 100 valence electrons. The van der Waals surface area contributed by atoms with Crippen LogP contribution in [0.3, 0.4) is 0 Å². The fourth-order valence-electron chi connectivity index (χ4n) is 3.26. The summed E-state index contributed by atoms with van der Waals surface area (Å²) in [7, 11) is 1.83. The standard InChI is InChI=1S/C14H23N3O/c1-11(2)9-14(6-4-5-7-14)13(18)8-12-10-17(3)16-15-12/h10-11H,4-9H2,1-3H3. The lowest BCUT2D eigenvalue weighted by molar-refractivity contribution is -0.128. The van der Waals surface area contributed by atoms with Crippen LogP contribution in [0, 0.1) is 11.3 Å². The molecular formula is C14H23N3O. The van der Waals surface area contributed by atoms with Crippen LogP contribution in [0.5, 0.6) is 0 Å². The van der Waals surface area contributed by atoms with Crippen molar-refractivity contribution in [1.82, 2.24) is 15.0 Å². The molecule has 0 radical (unpaired) electrons. The van der Waals surface area contributed by atoms with Crippen LogP contribution in [0.4, 0.5) is 0 Å². The maximum Gasteiger partial charge on any atom is 0.145 e. The average molecular weight is 249 g/mol. The molecule has 4 heteroatoms. The number of Topliss-reactive ketones (excluding diaryl/α,β-unsaturated/α-hetero) is 1. The zero-order valence-electron chi connectivity index (χ0n) is 11.6. The number of aryl methyl sites for hydroxylation is 1. The van der Waals surface area contributed by atoms with Gasteiger partial charge >= 0.3 is 0 Å². The van der Waals surface area contributed by atoms with Gasteiger partial charge in [0.15, 0.2) is 0 Å². The Kier molecular flexibility index (Phi) is 3.83. The molecule has 1 fully saturated rings. The molecule has 1 heterocycles. The molecule has 0 saturated heterocycles. The van der Waals surface area contributed by atoms with Gasteiger partial charge in [-0.3, -0.25) is 9.48 Å². The van der Waals surface area contributed by atoms with E-state index in [1.165, 1.54) is 12.8 Å². The van der Waals surface area contributed by atoms with Gasteiger partial charge in [0.1, 0.15) is 5.78 Å². The van der Waals surface area contributed by atoms with Crippen molar-refractivity contribution in [3.63, 3.8) is 0 Å². The van der Waals surface area contributed by atoms with E-state index in [9.17, 15) is 4.79 Å². The van der Waals surface area contributed by atoms with Crippen molar-refractivity contribution in [2.24, 2.45) is 18.4 Å². The molecule has 0 aromatic carbocycles. The molecule has 0 N–H and O–H groups in total. The zero-order valence-corrected chi connectivity index (χ0v) is 11.6. The van der Waals surface area contributed by atoms with Crippen molar-refractivity contribution in [2.45, 2.75) is 52.4 Å². The van der Waals surface area contributed by atoms with Crippen LogP contribution < -0.4 is 0 Å². The highest BCUT2D eigenvalue weighted by atomic mass is 16.1. The van der Waals surface area contributed by atoms with Crippen LogP contribution in [0.2, 0.25) is 0 Å². The second-order valence-corrected chi connectivity index (χ2v) is 6.07. The third-order valence-corrected chi connectivity index (χ3v) is 3.94. The first-order chi connectivity index (χ1) is 8.52. The van der Waals surface area contributed by atoms with E-state index >= 15 is 0 Å². The fraction of sp³-hybridized carbons (Fsp3) is 0.786. The highest BCUT2D eigenvalue weighted by Gasteiger charge is 2.40. The molecule has 1 saturated carbocycles. The predicted octanol–water partition coefficient (Wildman–Crippen LogP) is 2.53. The molecule has 1 aliphatic carbocycles. The summed E-state index contributed by atoms with van der Waals surface area (Å²) in [4.78, 5) is 12.6. The van der Waals surface area contributed by atoms with E-state index in [0.29, 0.717) is 18.1 Å².